The van der Waals surface area contributed by atoms with E-state index in [1.165, 1.54) is 11.2 Å². The van der Waals surface area contributed by atoms with Crippen LogP contribution in [0.3, 0.4) is 0 Å². The van der Waals surface area contributed by atoms with Gasteiger partial charge in [-0.15, -0.1) is 0 Å². The molecule has 0 radical (unpaired) electrons. The van der Waals surface area contributed by atoms with Crippen molar-refractivity contribution in [1.82, 2.24) is 18.9 Å². The summed E-state index contributed by atoms with van der Waals surface area (Å²) >= 11 is 0. The van der Waals surface area contributed by atoms with Crippen LogP contribution in [0.15, 0.2) is 28.2 Å². The molecule has 3 rings (SSSR count). The predicted molar refractivity (Wildman–Crippen MR) is 148 cm³/mol. The van der Waals surface area contributed by atoms with Crippen LogP contribution in [0.2, 0.25) is 0 Å². The molecule has 37 heavy (non-hydrogen) atoms. The van der Waals surface area contributed by atoms with E-state index < -0.39 is 10.0 Å². The van der Waals surface area contributed by atoms with E-state index in [0.29, 0.717) is 73.4 Å². The molecule has 2 heterocycles. The molecular formula is C27H43N5O4S. The summed E-state index contributed by atoms with van der Waals surface area (Å²) in [6.45, 7) is 18.8. The van der Waals surface area contributed by atoms with Gasteiger partial charge in [-0.25, -0.2) is 18.1 Å². The van der Waals surface area contributed by atoms with Crippen molar-refractivity contribution in [2.75, 3.05) is 39.3 Å². The Balaban J connectivity index is 0.00000235. The standard InChI is InChI=1S/C25H37N5O4S.C2H6/c1-7-10-24-26-19(5)25(20(6)31)30(24)27-18(4)22-17-21(11-12-23(22)34-9-3)35(32,33)29-15-13-28(8-2)14-16-29;1-2/h11-12,17H,7-10,13-16H2,1-6H3;1-2H3/b27-18+;. The quantitative estimate of drug-likeness (QED) is 0.332. The minimum atomic E-state index is -3.67. The first kappa shape index (κ1) is 30.7. The van der Waals surface area contributed by atoms with Crippen molar-refractivity contribution in [3.05, 3.63) is 41.0 Å². The number of hydrogen-bond donors (Lipinski definition) is 0. The lowest BCUT2D eigenvalue weighted by molar-refractivity contribution is 0.100. The molecule has 206 valence electrons. The number of carbonyl (C=O) groups is 1. The Labute approximate surface area is 222 Å². The molecule has 9 nitrogen and oxygen atoms in total. The van der Waals surface area contributed by atoms with E-state index in [-0.39, 0.29) is 10.7 Å². The molecule has 1 aromatic carbocycles. The van der Waals surface area contributed by atoms with Crippen LogP contribution in [0.25, 0.3) is 0 Å². The van der Waals surface area contributed by atoms with E-state index >= 15 is 0 Å². The number of aryl methyl sites for hydroxylation is 2. The molecule has 10 heteroatoms. The van der Waals surface area contributed by atoms with Gasteiger partial charge in [-0.05, 0) is 51.9 Å². The van der Waals surface area contributed by atoms with Crippen molar-refractivity contribution < 1.29 is 17.9 Å². The Kier molecular flexibility index (Phi) is 11.5. The molecule has 0 spiro atoms. The molecule has 2 aromatic rings. The number of Topliss-reactive ketones (excluding diaryl/α,β-unsaturated/α-hetero) is 1. The summed E-state index contributed by atoms with van der Waals surface area (Å²) in [5.41, 5.74) is 2.18. The van der Waals surface area contributed by atoms with Crippen molar-refractivity contribution >= 4 is 21.5 Å². The van der Waals surface area contributed by atoms with E-state index in [2.05, 4.69) is 16.8 Å². The Morgan fingerprint density at radius 2 is 1.73 bits per heavy atom. The van der Waals surface area contributed by atoms with Gasteiger partial charge in [0.2, 0.25) is 10.0 Å². The Morgan fingerprint density at radius 1 is 1.08 bits per heavy atom. The van der Waals surface area contributed by atoms with Crippen molar-refractivity contribution in [3.8, 4) is 5.75 Å². The number of nitrogens with zero attached hydrogens (tertiary/aromatic N) is 5. The first-order valence-electron chi connectivity index (χ1n) is 13.3. The number of rotatable bonds is 10. The second-order valence-electron chi connectivity index (χ2n) is 8.69. The summed E-state index contributed by atoms with van der Waals surface area (Å²) in [5.74, 6) is 1.12. The van der Waals surface area contributed by atoms with Gasteiger partial charge in [-0.3, -0.25) is 4.79 Å². The van der Waals surface area contributed by atoms with Gasteiger partial charge in [-0.2, -0.15) is 9.41 Å². The number of ether oxygens (including phenoxy) is 1. The second-order valence-corrected chi connectivity index (χ2v) is 10.6. The number of benzene rings is 1. The second kappa shape index (κ2) is 13.8. The van der Waals surface area contributed by atoms with Crippen molar-refractivity contribution in [3.63, 3.8) is 0 Å². The highest BCUT2D eigenvalue weighted by molar-refractivity contribution is 7.89. The lowest BCUT2D eigenvalue weighted by Crippen LogP contribution is -2.48. The molecule has 0 atom stereocenters. The van der Waals surface area contributed by atoms with Crippen LogP contribution in [0.4, 0.5) is 0 Å². The zero-order chi connectivity index (χ0) is 27.8. The van der Waals surface area contributed by atoms with Crippen LogP contribution in [0, 0.1) is 6.92 Å². The number of imidazole rings is 1. The maximum Gasteiger partial charge on any atom is 0.243 e. The van der Waals surface area contributed by atoms with Crippen LogP contribution in [0.5, 0.6) is 5.75 Å². The van der Waals surface area contributed by atoms with Crippen LogP contribution < -0.4 is 4.74 Å². The van der Waals surface area contributed by atoms with E-state index in [0.717, 1.165) is 13.0 Å². The summed E-state index contributed by atoms with van der Waals surface area (Å²) in [7, 11) is -3.67. The van der Waals surface area contributed by atoms with Crippen molar-refractivity contribution in [2.24, 2.45) is 5.10 Å². The lowest BCUT2D eigenvalue weighted by atomic mass is 10.1. The normalized spacial score (nSPS) is 15.3. The van der Waals surface area contributed by atoms with Crippen LogP contribution in [-0.2, 0) is 16.4 Å². The minimum absolute atomic E-state index is 0.124. The number of ketones is 1. The van der Waals surface area contributed by atoms with Gasteiger partial charge in [0.1, 0.15) is 17.3 Å². The molecule has 0 bridgehead atoms. The Bertz CT molecular complexity index is 1200. The SMILES string of the molecule is CC.CCCc1nc(C)c(C(C)=O)n1/N=C(\C)c1cc(S(=O)(=O)N2CCN(CC)CC2)ccc1OCC. The number of aromatic nitrogens is 2. The van der Waals surface area contributed by atoms with E-state index in [4.69, 9.17) is 9.84 Å². The zero-order valence-corrected chi connectivity index (χ0v) is 24.5. The smallest absolute Gasteiger partial charge is 0.243 e. The molecule has 1 aliphatic heterocycles. The molecule has 0 N–H and O–H groups in total. The van der Waals surface area contributed by atoms with Crippen molar-refractivity contribution in [1.29, 1.82) is 0 Å². The summed E-state index contributed by atoms with van der Waals surface area (Å²) in [6, 6.07) is 4.90. The molecule has 1 aromatic heterocycles. The maximum absolute atomic E-state index is 13.4. The molecule has 0 aliphatic carbocycles. The molecular weight excluding hydrogens is 490 g/mol. The van der Waals surface area contributed by atoms with Gasteiger partial charge in [0, 0.05) is 45.1 Å². The number of sulfonamides is 1. The number of likely N-dealkylation sites (N-methyl/N-ethyl adjacent to an activating group) is 1. The molecule has 1 fully saturated rings. The highest BCUT2D eigenvalue weighted by atomic mass is 32.2. The predicted octanol–water partition coefficient (Wildman–Crippen LogP) is 4.37. The van der Waals surface area contributed by atoms with E-state index in [1.54, 1.807) is 36.7 Å². The number of hydrogen-bond acceptors (Lipinski definition) is 7. The van der Waals surface area contributed by atoms with Crippen LogP contribution >= 0.6 is 0 Å². The fourth-order valence-electron chi connectivity index (χ4n) is 4.35. The van der Waals surface area contributed by atoms with Crippen molar-refractivity contribution in [2.45, 2.75) is 73.1 Å². The summed E-state index contributed by atoms with van der Waals surface area (Å²) in [4.78, 5) is 19.4. The van der Waals surface area contributed by atoms with Gasteiger partial charge in [0.25, 0.3) is 0 Å². The summed E-state index contributed by atoms with van der Waals surface area (Å²) in [6.07, 6.45) is 1.52. The van der Waals surface area contributed by atoms with E-state index in [1.807, 2.05) is 27.7 Å². The monoisotopic (exact) mass is 533 g/mol. The molecule has 1 aliphatic rings. The third-order valence-corrected chi connectivity index (χ3v) is 8.10. The fraction of sp³-hybridized carbons (Fsp3) is 0.593. The van der Waals surface area contributed by atoms with Gasteiger partial charge in [-0.1, -0.05) is 27.7 Å². The highest BCUT2D eigenvalue weighted by Gasteiger charge is 2.29. The first-order valence-corrected chi connectivity index (χ1v) is 14.7. The lowest BCUT2D eigenvalue weighted by Gasteiger charge is -2.33. The fourth-order valence-corrected chi connectivity index (χ4v) is 5.79. The largest absolute Gasteiger partial charge is 0.493 e. The summed E-state index contributed by atoms with van der Waals surface area (Å²) < 4.78 is 35.8. The Hall–Kier alpha value is -2.56. The van der Waals surface area contributed by atoms with Gasteiger partial charge >= 0.3 is 0 Å². The average Bonchev–Trinajstić information content (AvgIpc) is 3.20. The summed E-state index contributed by atoms with van der Waals surface area (Å²) in [5, 5.41) is 4.74. The van der Waals surface area contributed by atoms with Gasteiger partial charge < -0.3 is 9.64 Å². The highest BCUT2D eigenvalue weighted by Crippen LogP contribution is 2.27. The number of carbonyl (C=O) groups excluding carboxylic acids is 1. The third-order valence-electron chi connectivity index (χ3n) is 6.21. The maximum atomic E-state index is 13.4. The van der Waals surface area contributed by atoms with E-state index in [9.17, 15) is 13.2 Å². The topological polar surface area (TPSA) is 97.1 Å². The minimum Gasteiger partial charge on any atom is -0.493 e. The molecule has 1 saturated heterocycles. The zero-order valence-electron chi connectivity index (χ0n) is 23.7. The number of piperazine rings is 1. The van der Waals surface area contributed by atoms with Gasteiger partial charge in [0.05, 0.1) is 22.9 Å². The Morgan fingerprint density at radius 3 is 2.27 bits per heavy atom. The van der Waals surface area contributed by atoms with Gasteiger partial charge in [0.15, 0.2) is 5.78 Å². The molecule has 0 saturated carbocycles. The van der Waals surface area contributed by atoms with Crippen LogP contribution in [-0.4, -0.2) is 78.1 Å². The molecule has 0 amide bonds. The third kappa shape index (κ3) is 7.06. The van der Waals surface area contributed by atoms with Crippen LogP contribution in [0.1, 0.15) is 82.5 Å². The average molecular weight is 534 g/mol. The first-order chi connectivity index (χ1) is 17.6. The molecule has 0 unspecified atom stereocenters.